The molecule has 0 fully saturated rings. The number of rotatable bonds is 4. The Hall–Kier alpha value is -2.15. The molecule has 0 unspecified atom stereocenters. The number of sulfone groups is 1. The van der Waals surface area contributed by atoms with Gasteiger partial charge >= 0.3 is 5.97 Å². The van der Waals surface area contributed by atoms with E-state index in [1.54, 1.807) is 12.1 Å². The van der Waals surface area contributed by atoms with Crippen LogP contribution in [0.1, 0.15) is 12.5 Å². The van der Waals surface area contributed by atoms with E-state index in [-0.39, 0.29) is 10.6 Å². The van der Waals surface area contributed by atoms with Crippen molar-refractivity contribution in [3.63, 3.8) is 0 Å². The molecule has 0 aliphatic heterocycles. The number of amides is 1. The molecule has 6 nitrogen and oxygen atoms in total. The van der Waals surface area contributed by atoms with E-state index in [0.29, 0.717) is 5.56 Å². The number of hydrogen-bond donors (Lipinski definition) is 1. The monoisotopic (exact) mass is 297 g/mol. The minimum absolute atomic E-state index is 0.0642. The van der Waals surface area contributed by atoms with Gasteiger partial charge in [0, 0.05) is 13.2 Å². The van der Waals surface area contributed by atoms with Gasteiger partial charge in [-0.2, -0.15) is 0 Å². The average molecular weight is 297 g/mol. The van der Waals surface area contributed by atoms with Crippen LogP contribution >= 0.6 is 0 Å². The fraction of sp³-hybridized carbons (Fsp3) is 0.231. The summed E-state index contributed by atoms with van der Waals surface area (Å²) in [5.74, 6) is -1.15. The number of methoxy groups -OCH3 is 1. The van der Waals surface area contributed by atoms with Gasteiger partial charge in [-0.15, -0.1) is 0 Å². The second kappa shape index (κ2) is 6.33. The van der Waals surface area contributed by atoms with Gasteiger partial charge in [-0.25, -0.2) is 13.2 Å². The minimum atomic E-state index is -3.34. The van der Waals surface area contributed by atoms with Gasteiger partial charge in [-0.05, 0) is 23.8 Å². The molecule has 0 radical (unpaired) electrons. The highest BCUT2D eigenvalue weighted by atomic mass is 32.2. The molecule has 20 heavy (non-hydrogen) atoms. The fourth-order valence-corrected chi connectivity index (χ4v) is 2.12. The zero-order valence-electron chi connectivity index (χ0n) is 11.3. The van der Waals surface area contributed by atoms with E-state index in [0.717, 1.165) is 6.26 Å². The predicted molar refractivity (Wildman–Crippen MR) is 73.4 cm³/mol. The van der Waals surface area contributed by atoms with Crippen LogP contribution in [-0.2, 0) is 24.2 Å². The Kier molecular flexibility index (Phi) is 5.04. The second-order valence-electron chi connectivity index (χ2n) is 4.08. The molecule has 0 spiro atoms. The fourth-order valence-electron chi connectivity index (χ4n) is 1.45. The van der Waals surface area contributed by atoms with Crippen LogP contribution in [0, 0.1) is 0 Å². The summed E-state index contributed by atoms with van der Waals surface area (Å²) in [6.07, 6.45) is 2.44. The van der Waals surface area contributed by atoms with Crippen molar-refractivity contribution in [1.82, 2.24) is 5.32 Å². The molecule has 0 heterocycles. The quantitative estimate of drug-likeness (QED) is 0.654. The molecule has 1 N–H and O–H groups in total. The normalized spacial score (nSPS) is 11.8. The maximum Gasteiger partial charge on any atom is 0.354 e. The lowest BCUT2D eigenvalue weighted by molar-refractivity contribution is -0.137. The molecule has 1 rings (SSSR count). The van der Waals surface area contributed by atoms with E-state index >= 15 is 0 Å². The molecular weight excluding hydrogens is 282 g/mol. The van der Waals surface area contributed by atoms with Gasteiger partial charge in [0.05, 0.1) is 12.0 Å². The topological polar surface area (TPSA) is 89.5 Å². The van der Waals surface area contributed by atoms with Gasteiger partial charge in [-0.3, -0.25) is 4.79 Å². The lowest BCUT2D eigenvalue weighted by atomic mass is 10.2. The molecule has 0 saturated heterocycles. The van der Waals surface area contributed by atoms with Gasteiger partial charge in [-0.1, -0.05) is 12.1 Å². The van der Waals surface area contributed by atoms with Crippen molar-refractivity contribution < 1.29 is 22.7 Å². The maximum absolute atomic E-state index is 11.5. The third-order valence-corrected chi connectivity index (χ3v) is 3.42. The first kappa shape index (κ1) is 15.9. The number of nitrogens with one attached hydrogen (secondary N) is 1. The Morgan fingerprint density at radius 2 is 1.95 bits per heavy atom. The largest absolute Gasteiger partial charge is 0.464 e. The van der Waals surface area contributed by atoms with Gasteiger partial charge < -0.3 is 10.1 Å². The summed E-state index contributed by atoms with van der Waals surface area (Å²) in [7, 11) is -2.16. The molecule has 0 atom stereocenters. The highest BCUT2D eigenvalue weighted by molar-refractivity contribution is 7.90. The van der Waals surface area contributed by atoms with Crippen molar-refractivity contribution in [2.24, 2.45) is 0 Å². The van der Waals surface area contributed by atoms with Crippen molar-refractivity contribution in [2.45, 2.75) is 11.8 Å². The van der Waals surface area contributed by atoms with Crippen LogP contribution in [0.2, 0.25) is 0 Å². The van der Waals surface area contributed by atoms with Crippen LogP contribution in [0.3, 0.4) is 0 Å². The van der Waals surface area contributed by atoms with E-state index in [9.17, 15) is 18.0 Å². The Morgan fingerprint density at radius 3 is 2.45 bits per heavy atom. The van der Waals surface area contributed by atoms with E-state index in [1.807, 2.05) is 0 Å². The second-order valence-corrected chi connectivity index (χ2v) is 6.09. The van der Waals surface area contributed by atoms with Crippen LogP contribution in [0.25, 0.3) is 6.08 Å². The molecule has 1 aromatic rings. The van der Waals surface area contributed by atoms with Gasteiger partial charge in [0.15, 0.2) is 9.84 Å². The lowest BCUT2D eigenvalue weighted by Crippen LogP contribution is -2.25. The van der Waals surface area contributed by atoms with Crippen molar-refractivity contribution in [2.75, 3.05) is 13.4 Å². The van der Waals surface area contributed by atoms with Crippen molar-refractivity contribution >= 4 is 27.8 Å². The first-order chi connectivity index (χ1) is 9.24. The Balaban J connectivity index is 3.24. The molecule has 7 heteroatoms. The third kappa shape index (κ3) is 4.51. The first-order valence-corrected chi connectivity index (χ1v) is 7.51. The number of hydrogen-bond acceptors (Lipinski definition) is 5. The van der Waals surface area contributed by atoms with E-state index in [4.69, 9.17) is 0 Å². The summed E-state index contributed by atoms with van der Waals surface area (Å²) in [5, 5.41) is 2.34. The summed E-state index contributed by atoms with van der Waals surface area (Å²) in [6, 6.07) is 6.01. The Bertz CT molecular complexity index is 661. The summed E-state index contributed by atoms with van der Waals surface area (Å²) in [4.78, 5) is 22.7. The third-order valence-electron chi connectivity index (χ3n) is 2.31. The molecule has 1 aromatic carbocycles. The van der Waals surface area contributed by atoms with Crippen molar-refractivity contribution in [3.05, 3.63) is 35.5 Å². The number of esters is 1. The van der Waals surface area contributed by atoms with Gasteiger partial charge in [0.1, 0.15) is 5.70 Å². The molecule has 0 aliphatic carbocycles. The molecule has 0 saturated carbocycles. The summed E-state index contributed by atoms with van der Waals surface area (Å²) in [5.41, 5.74) is 0.396. The molecule has 1 amide bonds. The summed E-state index contributed by atoms with van der Waals surface area (Å²) >= 11 is 0. The van der Waals surface area contributed by atoms with E-state index in [2.05, 4.69) is 10.1 Å². The molecular formula is C13H15NO5S. The van der Waals surface area contributed by atoms with Crippen molar-refractivity contribution in [3.8, 4) is 0 Å². The number of carbonyl (C=O) groups is 2. The SMILES string of the molecule is COC(=O)C(=Cc1cccc(S(C)(=O)=O)c1)NC(C)=O. The number of benzene rings is 1. The van der Waals surface area contributed by atoms with E-state index < -0.39 is 21.7 Å². The smallest absolute Gasteiger partial charge is 0.354 e. The zero-order valence-corrected chi connectivity index (χ0v) is 12.2. The summed E-state index contributed by atoms with van der Waals surface area (Å²) < 4.78 is 27.5. The standard InChI is InChI=1S/C13H15NO5S/c1-9(15)14-12(13(16)19-2)8-10-5-4-6-11(7-10)20(3,17)18/h4-8H,1-3H3,(H,14,15). The van der Waals surface area contributed by atoms with Gasteiger partial charge in [0.25, 0.3) is 0 Å². The molecule has 108 valence electrons. The Morgan fingerprint density at radius 1 is 1.30 bits per heavy atom. The van der Waals surface area contributed by atoms with Crippen LogP contribution in [-0.4, -0.2) is 33.7 Å². The minimum Gasteiger partial charge on any atom is -0.464 e. The molecule has 0 bridgehead atoms. The van der Waals surface area contributed by atoms with Gasteiger partial charge in [0.2, 0.25) is 5.91 Å². The van der Waals surface area contributed by atoms with Crippen LogP contribution < -0.4 is 5.32 Å². The highest BCUT2D eigenvalue weighted by Crippen LogP contribution is 2.14. The first-order valence-electron chi connectivity index (χ1n) is 5.62. The maximum atomic E-state index is 11.5. The lowest BCUT2D eigenvalue weighted by Gasteiger charge is -2.06. The van der Waals surface area contributed by atoms with Crippen molar-refractivity contribution in [1.29, 1.82) is 0 Å². The average Bonchev–Trinajstić information content (AvgIpc) is 2.36. The highest BCUT2D eigenvalue weighted by Gasteiger charge is 2.12. The molecule has 0 aromatic heterocycles. The van der Waals surface area contributed by atoms with Crippen LogP contribution in [0.5, 0.6) is 0 Å². The van der Waals surface area contributed by atoms with Crippen LogP contribution in [0.4, 0.5) is 0 Å². The number of ether oxygens (including phenoxy) is 1. The van der Waals surface area contributed by atoms with Crippen LogP contribution in [0.15, 0.2) is 34.9 Å². The molecule has 0 aliphatic rings. The summed E-state index contributed by atoms with van der Waals surface area (Å²) in [6.45, 7) is 1.25. The predicted octanol–water partition coefficient (Wildman–Crippen LogP) is 0.740. The zero-order chi connectivity index (χ0) is 15.3. The van der Waals surface area contributed by atoms with E-state index in [1.165, 1.54) is 32.2 Å². The Labute approximate surface area is 117 Å². The number of carbonyl (C=O) groups excluding carboxylic acids is 2.